The molecule has 0 aliphatic carbocycles. The Morgan fingerprint density at radius 3 is 1.56 bits per heavy atom. The van der Waals surface area contributed by atoms with Gasteiger partial charge in [-0.25, -0.2) is 0 Å². The zero-order valence-corrected chi connectivity index (χ0v) is 17.5. The van der Waals surface area contributed by atoms with Gasteiger partial charge in [-0.15, -0.1) is 0 Å². The maximum atomic E-state index is 5.69. The Balaban J connectivity index is 0.000000449. The standard InChI is InChI=1S/C11H23NO.C9H19NO.CH4/c1-9-6-12(7-10(2)13-9)8-11(3,4)5;1-9(2,3)8-10-4-6-11-7-5-10;/h9-10H,6-8H2,1-5H3;4-8H2,1-3H3;1H4. The molecule has 0 spiro atoms. The molecule has 0 radical (unpaired) electrons. The number of ether oxygens (including phenoxy) is 2. The van der Waals surface area contributed by atoms with Gasteiger partial charge in [-0.3, -0.25) is 9.80 Å². The van der Waals surface area contributed by atoms with E-state index in [1.807, 2.05) is 0 Å². The van der Waals surface area contributed by atoms with E-state index in [2.05, 4.69) is 65.2 Å². The Hall–Kier alpha value is -0.160. The fourth-order valence-corrected chi connectivity index (χ4v) is 3.51. The lowest BCUT2D eigenvalue weighted by atomic mass is 9.95. The fraction of sp³-hybridized carbons (Fsp3) is 1.00. The minimum absolute atomic E-state index is 0. The Labute approximate surface area is 158 Å². The van der Waals surface area contributed by atoms with Crippen LogP contribution in [0, 0.1) is 10.8 Å². The molecular formula is C21H46N2O2. The molecule has 0 N–H and O–H groups in total. The molecule has 2 heterocycles. The van der Waals surface area contributed by atoms with Crippen molar-refractivity contribution in [3.05, 3.63) is 0 Å². The molecule has 152 valence electrons. The van der Waals surface area contributed by atoms with Gasteiger partial charge in [0.25, 0.3) is 0 Å². The lowest BCUT2D eigenvalue weighted by molar-refractivity contribution is -0.0746. The molecular weight excluding hydrogens is 312 g/mol. The molecule has 25 heavy (non-hydrogen) atoms. The predicted molar refractivity (Wildman–Crippen MR) is 109 cm³/mol. The van der Waals surface area contributed by atoms with Crippen molar-refractivity contribution in [3.8, 4) is 0 Å². The van der Waals surface area contributed by atoms with Crippen LogP contribution in [0.2, 0.25) is 0 Å². The normalized spacial score (nSPS) is 26.4. The summed E-state index contributed by atoms with van der Waals surface area (Å²) in [5.41, 5.74) is 0.828. The molecule has 2 rings (SSSR count). The summed E-state index contributed by atoms with van der Waals surface area (Å²) in [6.07, 6.45) is 0.789. The number of nitrogens with zero attached hydrogens (tertiary/aromatic N) is 2. The molecule has 2 unspecified atom stereocenters. The van der Waals surface area contributed by atoms with Crippen LogP contribution in [0.1, 0.15) is 62.8 Å². The second kappa shape index (κ2) is 10.9. The van der Waals surface area contributed by atoms with Gasteiger partial charge in [0.2, 0.25) is 0 Å². The van der Waals surface area contributed by atoms with E-state index in [9.17, 15) is 0 Å². The van der Waals surface area contributed by atoms with E-state index in [4.69, 9.17) is 9.47 Å². The highest BCUT2D eigenvalue weighted by Crippen LogP contribution is 2.19. The highest BCUT2D eigenvalue weighted by Gasteiger charge is 2.25. The summed E-state index contributed by atoms with van der Waals surface area (Å²) >= 11 is 0. The maximum absolute atomic E-state index is 5.69. The fourth-order valence-electron chi connectivity index (χ4n) is 3.51. The van der Waals surface area contributed by atoms with E-state index >= 15 is 0 Å². The van der Waals surface area contributed by atoms with Crippen molar-refractivity contribution in [3.63, 3.8) is 0 Å². The smallest absolute Gasteiger partial charge is 0.0678 e. The SMILES string of the molecule is C.CC(C)(C)CN1CCOCC1.CC1CN(CC(C)(C)C)CC(C)O1. The van der Waals surface area contributed by atoms with Crippen LogP contribution in [0.5, 0.6) is 0 Å². The maximum Gasteiger partial charge on any atom is 0.0678 e. The summed E-state index contributed by atoms with van der Waals surface area (Å²) in [6.45, 7) is 26.6. The largest absolute Gasteiger partial charge is 0.379 e. The molecule has 4 nitrogen and oxygen atoms in total. The quantitative estimate of drug-likeness (QED) is 0.740. The van der Waals surface area contributed by atoms with Crippen molar-refractivity contribution in [2.24, 2.45) is 10.8 Å². The van der Waals surface area contributed by atoms with E-state index in [1.54, 1.807) is 0 Å². The number of morpholine rings is 2. The van der Waals surface area contributed by atoms with Gasteiger partial charge in [0.1, 0.15) is 0 Å². The molecule has 2 aliphatic rings. The summed E-state index contributed by atoms with van der Waals surface area (Å²) in [4.78, 5) is 4.99. The predicted octanol–water partition coefficient (Wildman–Crippen LogP) is 4.14. The van der Waals surface area contributed by atoms with Crippen molar-refractivity contribution in [2.45, 2.75) is 75.0 Å². The second-order valence-electron chi connectivity index (χ2n) is 9.96. The van der Waals surface area contributed by atoms with Gasteiger partial charge in [0.15, 0.2) is 0 Å². The Morgan fingerprint density at radius 1 is 0.760 bits per heavy atom. The van der Waals surface area contributed by atoms with Crippen LogP contribution in [0.25, 0.3) is 0 Å². The number of rotatable bonds is 2. The van der Waals surface area contributed by atoms with Crippen molar-refractivity contribution < 1.29 is 9.47 Å². The first-order chi connectivity index (χ1) is 10.9. The average molecular weight is 359 g/mol. The molecule has 2 atom stereocenters. The Bertz CT molecular complexity index is 331. The van der Waals surface area contributed by atoms with Gasteiger partial charge in [-0.1, -0.05) is 49.0 Å². The molecule has 0 aromatic heterocycles. The van der Waals surface area contributed by atoms with E-state index < -0.39 is 0 Å². The minimum atomic E-state index is 0. The zero-order chi connectivity index (χ0) is 18.4. The number of hydrogen-bond donors (Lipinski definition) is 0. The van der Waals surface area contributed by atoms with Gasteiger partial charge >= 0.3 is 0 Å². The number of hydrogen-bond acceptors (Lipinski definition) is 4. The van der Waals surface area contributed by atoms with Crippen molar-refractivity contribution >= 4 is 0 Å². The van der Waals surface area contributed by atoms with Crippen LogP contribution < -0.4 is 0 Å². The van der Waals surface area contributed by atoms with Gasteiger partial charge < -0.3 is 9.47 Å². The zero-order valence-electron chi connectivity index (χ0n) is 17.5. The average Bonchev–Trinajstić information content (AvgIpc) is 2.35. The van der Waals surface area contributed by atoms with Crippen LogP contribution in [0.15, 0.2) is 0 Å². The third kappa shape index (κ3) is 12.8. The molecule has 0 aromatic carbocycles. The monoisotopic (exact) mass is 358 g/mol. The van der Waals surface area contributed by atoms with Gasteiger partial charge in [0, 0.05) is 39.3 Å². The summed E-state index contributed by atoms with van der Waals surface area (Å²) in [7, 11) is 0. The molecule has 0 saturated carbocycles. The highest BCUT2D eigenvalue weighted by atomic mass is 16.5. The van der Waals surface area contributed by atoms with Crippen LogP contribution in [0.3, 0.4) is 0 Å². The van der Waals surface area contributed by atoms with Gasteiger partial charge in [-0.05, 0) is 24.7 Å². The van der Waals surface area contributed by atoms with Crippen LogP contribution >= 0.6 is 0 Å². The van der Waals surface area contributed by atoms with Crippen LogP contribution in [-0.4, -0.2) is 74.5 Å². The van der Waals surface area contributed by atoms with E-state index in [0.29, 0.717) is 23.0 Å². The van der Waals surface area contributed by atoms with E-state index in [0.717, 1.165) is 39.4 Å². The summed E-state index contributed by atoms with van der Waals surface area (Å²) < 4.78 is 11.0. The van der Waals surface area contributed by atoms with Gasteiger partial charge in [0.05, 0.1) is 25.4 Å². The summed E-state index contributed by atoms with van der Waals surface area (Å²) in [5, 5.41) is 0. The molecule has 0 amide bonds. The lowest BCUT2D eigenvalue weighted by Crippen LogP contribution is -2.48. The van der Waals surface area contributed by atoms with Crippen molar-refractivity contribution in [2.75, 3.05) is 52.5 Å². The summed E-state index contributed by atoms with van der Waals surface area (Å²) in [6, 6.07) is 0. The molecule has 0 bridgehead atoms. The minimum Gasteiger partial charge on any atom is -0.379 e. The van der Waals surface area contributed by atoms with Crippen molar-refractivity contribution in [1.29, 1.82) is 0 Å². The Kier molecular flexibility index (Phi) is 10.8. The van der Waals surface area contributed by atoms with Gasteiger partial charge in [-0.2, -0.15) is 0 Å². The van der Waals surface area contributed by atoms with E-state index in [-0.39, 0.29) is 7.43 Å². The molecule has 2 fully saturated rings. The first kappa shape index (κ1) is 24.8. The molecule has 0 aromatic rings. The highest BCUT2D eigenvalue weighted by molar-refractivity contribution is 4.77. The van der Waals surface area contributed by atoms with E-state index in [1.165, 1.54) is 13.1 Å². The molecule has 2 aliphatic heterocycles. The third-order valence-corrected chi connectivity index (χ3v) is 3.99. The molecule has 4 heteroatoms. The first-order valence-electron chi connectivity index (χ1n) is 9.62. The lowest BCUT2D eigenvalue weighted by Gasteiger charge is -2.38. The van der Waals surface area contributed by atoms with Crippen molar-refractivity contribution in [1.82, 2.24) is 9.80 Å². The van der Waals surface area contributed by atoms with Crippen LogP contribution in [0.4, 0.5) is 0 Å². The summed E-state index contributed by atoms with van der Waals surface area (Å²) in [5.74, 6) is 0. The molecule has 2 saturated heterocycles. The third-order valence-electron chi connectivity index (χ3n) is 3.99. The second-order valence-corrected chi connectivity index (χ2v) is 9.96. The Morgan fingerprint density at radius 2 is 1.16 bits per heavy atom. The van der Waals surface area contributed by atoms with Crippen LogP contribution in [-0.2, 0) is 9.47 Å². The topological polar surface area (TPSA) is 24.9 Å². The first-order valence-corrected chi connectivity index (χ1v) is 9.62.